The number of fused-ring (bicyclic) bond motifs is 1. The number of para-hydroxylation sites is 1. The number of hydrogen-bond acceptors (Lipinski definition) is 4. The molecule has 1 aromatic heterocycles. The topological polar surface area (TPSA) is 72.3 Å². The first-order chi connectivity index (χ1) is 18.8. The van der Waals surface area contributed by atoms with Crippen molar-refractivity contribution in [3.05, 3.63) is 136 Å². The van der Waals surface area contributed by atoms with Gasteiger partial charge in [-0.05, 0) is 73.0 Å². The summed E-state index contributed by atoms with van der Waals surface area (Å²) in [7, 11) is -4.13. The Morgan fingerprint density at radius 3 is 2.15 bits per heavy atom. The van der Waals surface area contributed by atoms with Gasteiger partial charge in [0.05, 0.1) is 27.5 Å². The normalized spacial score (nSPS) is 12.6. The summed E-state index contributed by atoms with van der Waals surface area (Å²) in [6.45, 7) is 3.80. The molecule has 0 amide bonds. The van der Waals surface area contributed by atoms with Gasteiger partial charge in [0, 0.05) is 6.54 Å². The van der Waals surface area contributed by atoms with Crippen molar-refractivity contribution in [1.82, 2.24) is 13.9 Å². The van der Waals surface area contributed by atoms with E-state index in [-0.39, 0.29) is 22.8 Å². The van der Waals surface area contributed by atoms with E-state index in [9.17, 15) is 17.6 Å². The van der Waals surface area contributed by atoms with Crippen LogP contribution in [0.25, 0.3) is 16.6 Å². The molecule has 5 rings (SSSR count). The maximum Gasteiger partial charge on any atom is 0.266 e. The molecule has 4 aromatic carbocycles. The summed E-state index contributed by atoms with van der Waals surface area (Å²) >= 11 is 0. The van der Waals surface area contributed by atoms with E-state index in [2.05, 4.69) is 0 Å². The second kappa shape index (κ2) is 10.9. The molecule has 6 nitrogen and oxygen atoms in total. The van der Waals surface area contributed by atoms with Crippen LogP contribution in [-0.4, -0.2) is 22.3 Å². The fraction of sp³-hybridized carbons (Fsp3) is 0.161. The molecule has 0 aliphatic rings. The summed E-state index contributed by atoms with van der Waals surface area (Å²) in [6, 6.07) is 27.7. The summed E-state index contributed by atoms with van der Waals surface area (Å²) < 4.78 is 44.5. The predicted octanol–water partition coefficient (Wildman–Crippen LogP) is 6.04. The Balaban J connectivity index is 1.73. The number of rotatable bonds is 8. The first-order valence-corrected chi connectivity index (χ1v) is 14.2. The van der Waals surface area contributed by atoms with Crippen LogP contribution in [0.3, 0.4) is 0 Å². The fourth-order valence-corrected chi connectivity index (χ4v) is 6.20. The minimum Gasteiger partial charge on any atom is -0.268 e. The standard InChI is InChI=1S/C31H28FN3O3S/c1-3-23-13-17-26(18-14-23)35-30(33-29-12-8-7-11-28(29)31(35)36)22(2)34(21-24-9-5-4-6-10-24)39(37,38)27-19-15-25(32)16-20-27/h4-20,22H,3,21H2,1-2H3. The zero-order valence-electron chi connectivity index (χ0n) is 21.7. The number of hydrogen-bond donors (Lipinski definition) is 0. The van der Waals surface area contributed by atoms with Crippen LogP contribution in [0.1, 0.15) is 36.8 Å². The van der Waals surface area contributed by atoms with Gasteiger partial charge in [0.15, 0.2) is 0 Å². The van der Waals surface area contributed by atoms with Crippen LogP contribution in [0.2, 0.25) is 0 Å². The second-order valence-electron chi connectivity index (χ2n) is 9.31. The highest BCUT2D eigenvalue weighted by molar-refractivity contribution is 7.89. The van der Waals surface area contributed by atoms with E-state index in [1.807, 2.05) is 61.5 Å². The molecule has 0 fully saturated rings. The molecule has 0 aliphatic heterocycles. The molecule has 0 saturated heterocycles. The molecule has 0 N–H and O–H groups in total. The van der Waals surface area contributed by atoms with Gasteiger partial charge in [-0.1, -0.05) is 61.5 Å². The minimum atomic E-state index is -4.13. The Kier molecular flexibility index (Phi) is 7.41. The van der Waals surface area contributed by atoms with Crippen molar-refractivity contribution >= 4 is 20.9 Å². The smallest absolute Gasteiger partial charge is 0.266 e. The van der Waals surface area contributed by atoms with E-state index in [0.29, 0.717) is 16.6 Å². The van der Waals surface area contributed by atoms with Crippen molar-refractivity contribution in [3.8, 4) is 5.69 Å². The van der Waals surface area contributed by atoms with Gasteiger partial charge in [-0.15, -0.1) is 0 Å². The Morgan fingerprint density at radius 1 is 0.846 bits per heavy atom. The highest BCUT2D eigenvalue weighted by Gasteiger charge is 2.33. The predicted molar refractivity (Wildman–Crippen MR) is 151 cm³/mol. The lowest BCUT2D eigenvalue weighted by Crippen LogP contribution is -2.37. The van der Waals surface area contributed by atoms with E-state index in [1.165, 1.54) is 21.0 Å². The van der Waals surface area contributed by atoms with Crippen LogP contribution in [0.4, 0.5) is 4.39 Å². The van der Waals surface area contributed by atoms with Crippen molar-refractivity contribution in [2.24, 2.45) is 0 Å². The van der Waals surface area contributed by atoms with E-state index < -0.39 is 21.9 Å². The van der Waals surface area contributed by atoms with Gasteiger partial charge in [-0.3, -0.25) is 9.36 Å². The number of sulfonamides is 1. The molecule has 0 spiro atoms. The van der Waals surface area contributed by atoms with Crippen LogP contribution in [-0.2, 0) is 23.0 Å². The first-order valence-electron chi connectivity index (χ1n) is 12.7. The SMILES string of the molecule is CCc1ccc(-n2c(C(C)N(Cc3ccccc3)S(=O)(=O)c3ccc(F)cc3)nc3ccccc3c2=O)cc1. The van der Waals surface area contributed by atoms with Crippen molar-refractivity contribution < 1.29 is 12.8 Å². The molecule has 0 radical (unpaired) electrons. The summed E-state index contributed by atoms with van der Waals surface area (Å²) in [5, 5.41) is 0.434. The van der Waals surface area contributed by atoms with E-state index in [4.69, 9.17) is 4.98 Å². The molecule has 0 bridgehead atoms. The maximum atomic E-state index is 14.0. The third kappa shape index (κ3) is 5.26. The first kappa shape index (κ1) is 26.5. The zero-order chi connectivity index (χ0) is 27.6. The molecule has 1 unspecified atom stereocenters. The quantitative estimate of drug-likeness (QED) is 0.240. The monoisotopic (exact) mass is 541 g/mol. The summed E-state index contributed by atoms with van der Waals surface area (Å²) in [5.74, 6) is -0.248. The van der Waals surface area contributed by atoms with Crippen LogP contribution >= 0.6 is 0 Å². The number of halogens is 1. The van der Waals surface area contributed by atoms with Crippen LogP contribution in [0, 0.1) is 5.82 Å². The minimum absolute atomic E-state index is 0.0270. The second-order valence-corrected chi connectivity index (χ2v) is 11.2. The van der Waals surface area contributed by atoms with Gasteiger partial charge in [0.25, 0.3) is 5.56 Å². The summed E-state index contributed by atoms with van der Waals surface area (Å²) in [4.78, 5) is 18.6. The largest absolute Gasteiger partial charge is 0.268 e. The van der Waals surface area contributed by atoms with Crippen LogP contribution in [0.15, 0.2) is 113 Å². The van der Waals surface area contributed by atoms with Crippen molar-refractivity contribution in [2.75, 3.05) is 0 Å². The molecule has 1 atom stereocenters. The molecule has 0 saturated carbocycles. The number of aromatic nitrogens is 2. The van der Waals surface area contributed by atoms with Crippen LogP contribution in [0.5, 0.6) is 0 Å². The third-order valence-electron chi connectivity index (χ3n) is 6.81. The van der Waals surface area contributed by atoms with Gasteiger partial charge in [-0.2, -0.15) is 4.31 Å². The number of nitrogens with zero attached hydrogens (tertiary/aromatic N) is 3. The average Bonchev–Trinajstić information content (AvgIpc) is 2.96. The molecule has 5 aromatic rings. The summed E-state index contributed by atoms with van der Waals surface area (Å²) in [6.07, 6.45) is 0.842. The van der Waals surface area contributed by atoms with E-state index >= 15 is 0 Å². The molecule has 39 heavy (non-hydrogen) atoms. The molecule has 8 heteroatoms. The van der Waals surface area contributed by atoms with Crippen molar-refractivity contribution in [1.29, 1.82) is 0 Å². The van der Waals surface area contributed by atoms with Crippen molar-refractivity contribution in [3.63, 3.8) is 0 Å². The lowest BCUT2D eigenvalue weighted by molar-refractivity contribution is 0.321. The van der Waals surface area contributed by atoms with Gasteiger partial charge in [-0.25, -0.2) is 17.8 Å². The highest BCUT2D eigenvalue weighted by Crippen LogP contribution is 2.30. The Morgan fingerprint density at radius 2 is 1.49 bits per heavy atom. The molecule has 1 heterocycles. The maximum absolute atomic E-state index is 14.0. The summed E-state index contributed by atoms with van der Waals surface area (Å²) in [5.41, 5.74) is 2.66. The molecular weight excluding hydrogens is 513 g/mol. The lowest BCUT2D eigenvalue weighted by Gasteiger charge is -2.30. The number of aryl methyl sites for hydroxylation is 1. The average molecular weight is 542 g/mol. The third-order valence-corrected chi connectivity index (χ3v) is 8.74. The van der Waals surface area contributed by atoms with Gasteiger partial charge >= 0.3 is 0 Å². The van der Waals surface area contributed by atoms with Crippen molar-refractivity contribution in [2.45, 2.75) is 37.8 Å². The Labute approximate surface area is 227 Å². The number of benzene rings is 4. The van der Waals surface area contributed by atoms with Crippen LogP contribution < -0.4 is 5.56 Å². The van der Waals surface area contributed by atoms with Gasteiger partial charge in [0.2, 0.25) is 10.0 Å². The van der Waals surface area contributed by atoms with Gasteiger partial charge < -0.3 is 0 Å². The molecule has 198 valence electrons. The lowest BCUT2D eigenvalue weighted by atomic mass is 10.1. The highest BCUT2D eigenvalue weighted by atomic mass is 32.2. The van der Waals surface area contributed by atoms with Gasteiger partial charge in [0.1, 0.15) is 11.6 Å². The Bertz CT molecular complexity index is 1770. The van der Waals surface area contributed by atoms with E-state index in [1.54, 1.807) is 31.2 Å². The van der Waals surface area contributed by atoms with E-state index in [0.717, 1.165) is 29.7 Å². The fourth-order valence-electron chi connectivity index (χ4n) is 4.62. The molecular formula is C31H28FN3O3S. The molecule has 0 aliphatic carbocycles. The Hall–Kier alpha value is -4.14. The zero-order valence-corrected chi connectivity index (χ0v) is 22.5.